The summed E-state index contributed by atoms with van der Waals surface area (Å²) in [5, 5.41) is 6.48. The molecule has 1 aromatic carbocycles. The van der Waals surface area contributed by atoms with Gasteiger partial charge in [-0.1, -0.05) is 0 Å². The number of carbonyl (C=O) groups is 1. The van der Waals surface area contributed by atoms with E-state index < -0.39 is 11.7 Å². The van der Waals surface area contributed by atoms with Gasteiger partial charge in [0, 0.05) is 24.5 Å². The van der Waals surface area contributed by atoms with E-state index in [0.717, 1.165) is 16.8 Å². The van der Waals surface area contributed by atoms with Crippen LogP contribution in [-0.2, 0) is 7.05 Å². The number of nitrogens with zero attached hydrogens (tertiary/aromatic N) is 5. The van der Waals surface area contributed by atoms with Crippen LogP contribution in [-0.4, -0.2) is 30.6 Å². The molecular weight excluding hydrogens is 359 g/mol. The van der Waals surface area contributed by atoms with Crippen molar-refractivity contribution in [3.8, 4) is 11.4 Å². The first-order valence-corrected chi connectivity index (χ1v) is 8.62. The lowest BCUT2D eigenvalue weighted by Crippen LogP contribution is -2.16. The predicted molar refractivity (Wildman–Crippen MR) is 103 cm³/mol. The van der Waals surface area contributed by atoms with Crippen LogP contribution in [0.15, 0.2) is 42.7 Å². The number of pyridine rings is 1. The highest BCUT2D eigenvalue weighted by Gasteiger charge is 2.14. The first kappa shape index (κ1) is 17.7. The van der Waals surface area contributed by atoms with Crippen molar-refractivity contribution in [3.05, 3.63) is 65.5 Å². The Morgan fingerprint density at radius 1 is 1.14 bits per heavy atom. The first-order chi connectivity index (χ1) is 13.4. The Labute approximate surface area is 160 Å². The molecular formula is C20H17FN6O. The SMILES string of the molecule is Cc1cc(C)c2nc(-c3ccc(NC(=O)c4ccnn4C)c(F)c3)ncc2n1. The minimum absolute atomic E-state index is 0.0733. The quantitative estimate of drug-likeness (QED) is 0.592. The second-order valence-electron chi connectivity index (χ2n) is 6.50. The number of carbonyl (C=O) groups excluding carboxylic acids is 1. The average molecular weight is 376 g/mol. The van der Waals surface area contributed by atoms with E-state index >= 15 is 0 Å². The van der Waals surface area contributed by atoms with Crippen molar-refractivity contribution < 1.29 is 9.18 Å². The lowest BCUT2D eigenvalue weighted by molar-refractivity contribution is 0.101. The summed E-state index contributed by atoms with van der Waals surface area (Å²) in [6, 6.07) is 7.96. The van der Waals surface area contributed by atoms with Crippen molar-refractivity contribution in [2.75, 3.05) is 5.32 Å². The molecule has 140 valence electrons. The van der Waals surface area contributed by atoms with Crippen LogP contribution in [0.3, 0.4) is 0 Å². The lowest BCUT2D eigenvalue weighted by Gasteiger charge is -2.09. The summed E-state index contributed by atoms with van der Waals surface area (Å²) in [4.78, 5) is 25.5. The lowest BCUT2D eigenvalue weighted by atomic mass is 10.1. The molecule has 3 heterocycles. The molecule has 0 bridgehead atoms. The van der Waals surface area contributed by atoms with Gasteiger partial charge in [0.15, 0.2) is 5.82 Å². The highest BCUT2D eigenvalue weighted by Crippen LogP contribution is 2.24. The minimum atomic E-state index is -0.574. The maximum Gasteiger partial charge on any atom is 0.273 e. The molecule has 7 nitrogen and oxygen atoms in total. The standard InChI is InChI=1S/C20H17FN6O/c1-11-8-12(2)24-16-10-22-19(26-18(11)16)13-4-5-15(14(21)9-13)25-20(28)17-6-7-23-27(17)3/h4-10H,1-3H3,(H,25,28). The number of nitrogens with one attached hydrogen (secondary N) is 1. The molecule has 0 saturated heterocycles. The fourth-order valence-electron chi connectivity index (χ4n) is 3.03. The molecule has 3 aromatic heterocycles. The zero-order valence-electron chi connectivity index (χ0n) is 15.6. The van der Waals surface area contributed by atoms with Crippen molar-refractivity contribution in [1.82, 2.24) is 24.7 Å². The third-order valence-corrected chi connectivity index (χ3v) is 4.39. The maximum atomic E-state index is 14.6. The summed E-state index contributed by atoms with van der Waals surface area (Å²) >= 11 is 0. The number of fused-ring (bicyclic) bond motifs is 1. The molecule has 1 N–H and O–H groups in total. The first-order valence-electron chi connectivity index (χ1n) is 8.62. The smallest absolute Gasteiger partial charge is 0.273 e. The number of halogens is 1. The molecule has 0 aliphatic carbocycles. The number of hydrogen-bond donors (Lipinski definition) is 1. The molecule has 8 heteroatoms. The van der Waals surface area contributed by atoms with Crippen LogP contribution in [0.4, 0.5) is 10.1 Å². The number of benzene rings is 1. The minimum Gasteiger partial charge on any atom is -0.318 e. The molecule has 0 aliphatic heterocycles. The van der Waals surface area contributed by atoms with Gasteiger partial charge in [-0.3, -0.25) is 9.48 Å². The van der Waals surface area contributed by atoms with Crippen molar-refractivity contribution in [2.24, 2.45) is 7.05 Å². The molecule has 0 radical (unpaired) electrons. The van der Waals surface area contributed by atoms with Crippen LogP contribution in [0.25, 0.3) is 22.4 Å². The third-order valence-electron chi connectivity index (χ3n) is 4.39. The second kappa shape index (κ2) is 6.80. The summed E-state index contributed by atoms with van der Waals surface area (Å²) in [5.41, 5.74) is 4.21. The van der Waals surface area contributed by atoms with Gasteiger partial charge in [-0.25, -0.2) is 19.3 Å². The molecule has 28 heavy (non-hydrogen) atoms. The highest BCUT2D eigenvalue weighted by atomic mass is 19.1. The number of anilines is 1. The maximum absolute atomic E-state index is 14.6. The van der Waals surface area contributed by atoms with Gasteiger partial charge in [-0.05, 0) is 49.7 Å². The van der Waals surface area contributed by atoms with E-state index in [1.165, 1.54) is 23.0 Å². The highest BCUT2D eigenvalue weighted by molar-refractivity contribution is 6.03. The van der Waals surface area contributed by atoms with Gasteiger partial charge < -0.3 is 5.32 Å². The van der Waals surface area contributed by atoms with E-state index in [9.17, 15) is 9.18 Å². The zero-order chi connectivity index (χ0) is 19.8. The van der Waals surface area contributed by atoms with E-state index in [2.05, 4.69) is 25.4 Å². The van der Waals surface area contributed by atoms with Crippen molar-refractivity contribution in [3.63, 3.8) is 0 Å². The fourth-order valence-corrected chi connectivity index (χ4v) is 3.03. The van der Waals surface area contributed by atoms with E-state index in [4.69, 9.17) is 0 Å². The van der Waals surface area contributed by atoms with E-state index in [1.54, 1.807) is 25.4 Å². The van der Waals surface area contributed by atoms with Crippen molar-refractivity contribution in [1.29, 1.82) is 0 Å². The number of aryl methyl sites for hydroxylation is 3. The van der Waals surface area contributed by atoms with Crippen LogP contribution in [0.1, 0.15) is 21.7 Å². The summed E-state index contributed by atoms with van der Waals surface area (Å²) < 4.78 is 16.0. The Bertz CT molecular complexity index is 1220. The fraction of sp³-hybridized carbons (Fsp3) is 0.150. The molecule has 4 aromatic rings. The Balaban J connectivity index is 1.65. The predicted octanol–water partition coefficient (Wildman–Crippen LogP) is 3.43. The summed E-state index contributed by atoms with van der Waals surface area (Å²) in [7, 11) is 1.64. The zero-order valence-corrected chi connectivity index (χ0v) is 15.6. The summed E-state index contributed by atoms with van der Waals surface area (Å²) in [6.07, 6.45) is 3.14. The Kier molecular flexibility index (Phi) is 4.31. The Morgan fingerprint density at radius 3 is 2.68 bits per heavy atom. The van der Waals surface area contributed by atoms with Gasteiger partial charge in [-0.15, -0.1) is 0 Å². The molecule has 0 spiro atoms. The normalized spacial score (nSPS) is 11.0. The van der Waals surface area contributed by atoms with Gasteiger partial charge >= 0.3 is 0 Å². The van der Waals surface area contributed by atoms with Crippen LogP contribution in [0.5, 0.6) is 0 Å². The second-order valence-corrected chi connectivity index (χ2v) is 6.50. The number of hydrogen-bond acceptors (Lipinski definition) is 5. The van der Waals surface area contributed by atoms with Gasteiger partial charge in [0.25, 0.3) is 5.91 Å². The van der Waals surface area contributed by atoms with E-state index in [-0.39, 0.29) is 5.69 Å². The molecule has 0 atom stereocenters. The van der Waals surface area contributed by atoms with Gasteiger partial charge in [0.1, 0.15) is 17.0 Å². The van der Waals surface area contributed by atoms with Crippen LogP contribution < -0.4 is 5.32 Å². The topological polar surface area (TPSA) is 85.6 Å². The molecule has 0 fully saturated rings. The van der Waals surface area contributed by atoms with Crippen LogP contribution >= 0.6 is 0 Å². The average Bonchev–Trinajstić information content (AvgIpc) is 3.09. The monoisotopic (exact) mass is 376 g/mol. The Hall–Kier alpha value is -3.68. The summed E-state index contributed by atoms with van der Waals surface area (Å²) in [6.45, 7) is 3.86. The Morgan fingerprint density at radius 2 is 1.96 bits per heavy atom. The molecule has 0 aliphatic rings. The van der Waals surface area contributed by atoms with Crippen LogP contribution in [0, 0.1) is 19.7 Å². The number of amides is 1. The number of rotatable bonds is 3. The summed E-state index contributed by atoms with van der Waals surface area (Å²) in [5.74, 6) is -0.620. The van der Waals surface area contributed by atoms with Crippen molar-refractivity contribution in [2.45, 2.75) is 13.8 Å². The molecule has 1 amide bonds. The largest absolute Gasteiger partial charge is 0.318 e. The van der Waals surface area contributed by atoms with Gasteiger partial charge in [-0.2, -0.15) is 5.10 Å². The van der Waals surface area contributed by atoms with E-state index in [0.29, 0.717) is 22.6 Å². The van der Waals surface area contributed by atoms with Gasteiger partial charge in [0.05, 0.1) is 17.4 Å². The van der Waals surface area contributed by atoms with Crippen molar-refractivity contribution >= 4 is 22.6 Å². The van der Waals surface area contributed by atoms with Crippen LogP contribution in [0.2, 0.25) is 0 Å². The molecule has 0 unspecified atom stereocenters. The molecule has 4 rings (SSSR count). The third kappa shape index (κ3) is 3.20. The number of aromatic nitrogens is 5. The van der Waals surface area contributed by atoms with Gasteiger partial charge in [0.2, 0.25) is 0 Å². The van der Waals surface area contributed by atoms with E-state index in [1.807, 2.05) is 19.9 Å². The molecule has 0 saturated carbocycles.